The van der Waals surface area contributed by atoms with Gasteiger partial charge in [-0.2, -0.15) is 0 Å². The molecular formula is C23H29N3O. The molecule has 0 radical (unpaired) electrons. The molecule has 0 aliphatic carbocycles. The first-order valence-corrected chi connectivity index (χ1v) is 9.61. The monoisotopic (exact) mass is 363 g/mol. The van der Waals surface area contributed by atoms with Gasteiger partial charge in [-0.25, -0.2) is 0 Å². The Morgan fingerprint density at radius 3 is 2.33 bits per heavy atom. The lowest BCUT2D eigenvalue weighted by Gasteiger charge is -2.34. The maximum atomic E-state index is 12.5. The number of carbonyl (C=O) groups excluding carboxylic acids is 1. The van der Waals surface area contributed by atoms with E-state index in [1.807, 2.05) is 35.4 Å². The minimum absolute atomic E-state index is 0.0902. The highest BCUT2D eigenvalue weighted by Crippen LogP contribution is 2.22. The van der Waals surface area contributed by atoms with Crippen molar-refractivity contribution < 1.29 is 4.79 Å². The van der Waals surface area contributed by atoms with E-state index in [0.29, 0.717) is 0 Å². The summed E-state index contributed by atoms with van der Waals surface area (Å²) in [7, 11) is 0. The van der Waals surface area contributed by atoms with Crippen LogP contribution in [0.15, 0.2) is 54.7 Å². The van der Waals surface area contributed by atoms with Crippen molar-refractivity contribution in [2.75, 3.05) is 26.2 Å². The van der Waals surface area contributed by atoms with E-state index in [1.54, 1.807) is 6.08 Å². The van der Waals surface area contributed by atoms with Gasteiger partial charge in [-0.15, -0.1) is 0 Å². The number of pyridine rings is 1. The molecule has 4 heteroatoms. The second-order valence-corrected chi connectivity index (χ2v) is 8.13. The maximum absolute atomic E-state index is 12.5. The van der Waals surface area contributed by atoms with Crippen LogP contribution in [0.25, 0.3) is 6.08 Å². The summed E-state index contributed by atoms with van der Waals surface area (Å²) in [6.45, 7) is 10.8. The predicted octanol–water partition coefficient (Wildman–Crippen LogP) is 3.74. The minimum atomic E-state index is 0.0902. The molecule has 27 heavy (non-hydrogen) atoms. The molecule has 1 aromatic carbocycles. The molecule has 0 unspecified atom stereocenters. The third-order valence-corrected chi connectivity index (χ3v) is 4.99. The summed E-state index contributed by atoms with van der Waals surface area (Å²) in [4.78, 5) is 21.1. The average Bonchev–Trinajstić information content (AvgIpc) is 2.67. The Balaban J connectivity index is 1.50. The van der Waals surface area contributed by atoms with Gasteiger partial charge >= 0.3 is 0 Å². The SMILES string of the molecule is CC(C)(C)c1ccc(/C=C/C(=O)N2CCN(Cc3ccccn3)CC2)cc1. The molecule has 0 saturated carbocycles. The largest absolute Gasteiger partial charge is 0.337 e. The van der Waals surface area contributed by atoms with Gasteiger partial charge in [0.15, 0.2) is 0 Å². The van der Waals surface area contributed by atoms with Gasteiger partial charge in [-0.3, -0.25) is 14.7 Å². The first-order chi connectivity index (χ1) is 12.9. The van der Waals surface area contributed by atoms with Crippen LogP contribution in [0.5, 0.6) is 0 Å². The Kier molecular flexibility index (Phi) is 6.07. The number of aromatic nitrogens is 1. The van der Waals surface area contributed by atoms with Crippen molar-refractivity contribution in [1.29, 1.82) is 0 Å². The van der Waals surface area contributed by atoms with Gasteiger partial charge in [0.1, 0.15) is 0 Å². The molecule has 2 heterocycles. The number of benzene rings is 1. The van der Waals surface area contributed by atoms with E-state index in [4.69, 9.17) is 0 Å². The van der Waals surface area contributed by atoms with Crippen molar-refractivity contribution in [2.45, 2.75) is 32.7 Å². The third kappa shape index (κ3) is 5.51. The third-order valence-electron chi connectivity index (χ3n) is 4.99. The fraction of sp³-hybridized carbons (Fsp3) is 0.391. The number of hydrogen-bond donors (Lipinski definition) is 0. The van der Waals surface area contributed by atoms with E-state index in [-0.39, 0.29) is 11.3 Å². The van der Waals surface area contributed by atoms with Crippen molar-refractivity contribution in [1.82, 2.24) is 14.8 Å². The fourth-order valence-corrected chi connectivity index (χ4v) is 3.21. The summed E-state index contributed by atoms with van der Waals surface area (Å²) in [6, 6.07) is 14.4. The Morgan fingerprint density at radius 2 is 1.74 bits per heavy atom. The fourth-order valence-electron chi connectivity index (χ4n) is 3.21. The maximum Gasteiger partial charge on any atom is 0.246 e. The zero-order valence-electron chi connectivity index (χ0n) is 16.6. The van der Waals surface area contributed by atoms with E-state index in [0.717, 1.165) is 44.0 Å². The Bertz CT molecular complexity index is 768. The average molecular weight is 364 g/mol. The summed E-state index contributed by atoms with van der Waals surface area (Å²) in [6.07, 6.45) is 5.43. The number of rotatable bonds is 4. The quantitative estimate of drug-likeness (QED) is 0.777. The lowest BCUT2D eigenvalue weighted by Crippen LogP contribution is -2.47. The normalized spacial score (nSPS) is 16.0. The number of amides is 1. The molecular weight excluding hydrogens is 334 g/mol. The molecule has 1 aliphatic rings. The summed E-state index contributed by atoms with van der Waals surface area (Å²) in [5.41, 5.74) is 3.59. The van der Waals surface area contributed by atoms with Gasteiger partial charge in [0, 0.05) is 45.0 Å². The molecule has 2 aromatic rings. The van der Waals surface area contributed by atoms with Crippen LogP contribution in [0.1, 0.15) is 37.6 Å². The van der Waals surface area contributed by atoms with Gasteiger partial charge < -0.3 is 4.90 Å². The van der Waals surface area contributed by atoms with E-state index >= 15 is 0 Å². The first kappa shape index (κ1) is 19.3. The van der Waals surface area contributed by atoms with E-state index < -0.39 is 0 Å². The molecule has 1 aromatic heterocycles. The molecule has 1 amide bonds. The van der Waals surface area contributed by atoms with E-state index in [2.05, 4.69) is 54.9 Å². The zero-order chi connectivity index (χ0) is 19.3. The molecule has 1 aliphatic heterocycles. The zero-order valence-corrected chi connectivity index (χ0v) is 16.6. The predicted molar refractivity (Wildman–Crippen MR) is 110 cm³/mol. The van der Waals surface area contributed by atoms with Gasteiger partial charge in [0.25, 0.3) is 0 Å². The van der Waals surface area contributed by atoms with Crippen LogP contribution in [-0.2, 0) is 16.8 Å². The van der Waals surface area contributed by atoms with Crippen molar-refractivity contribution in [3.05, 3.63) is 71.6 Å². The molecule has 142 valence electrons. The standard InChI is InChI=1S/C23H29N3O/c1-23(2,3)20-10-7-19(8-11-20)9-12-22(27)26-16-14-25(15-17-26)18-21-6-4-5-13-24-21/h4-13H,14-18H2,1-3H3/b12-9+. The first-order valence-electron chi connectivity index (χ1n) is 9.61. The molecule has 0 spiro atoms. The van der Waals surface area contributed by atoms with Crippen LogP contribution >= 0.6 is 0 Å². The molecule has 1 saturated heterocycles. The molecule has 0 bridgehead atoms. The number of piperazine rings is 1. The molecule has 0 N–H and O–H groups in total. The van der Waals surface area contributed by atoms with Crippen molar-refractivity contribution in [2.24, 2.45) is 0 Å². The van der Waals surface area contributed by atoms with Crippen molar-refractivity contribution in [3.63, 3.8) is 0 Å². The molecule has 3 rings (SSSR count). The second-order valence-electron chi connectivity index (χ2n) is 8.13. The van der Waals surface area contributed by atoms with Gasteiger partial charge in [-0.1, -0.05) is 51.1 Å². The van der Waals surface area contributed by atoms with Crippen molar-refractivity contribution >= 4 is 12.0 Å². The van der Waals surface area contributed by atoms with Gasteiger partial charge in [-0.05, 0) is 34.8 Å². The number of nitrogens with zero attached hydrogens (tertiary/aromatic N) is 3. The van der Waals surface area contributed by atoms with Crippen molar-refractivity contribution in [3.8, 4) is 0 Å². The molecule has 0 atom stereocenters. The van der Waals surface area contributed by atoms with Crippen LogP contribution in [0, 0.1) is 0 Å². The number of carbonyl (C=O) groups is 1. The minimum Gasteiger partial charge on any atom is -0.337 e. The highest BCUT2D eigenvalue weighted by molar-refractivity contribution is 5.91. The Hall–Kier alpha value is -2.46. The van der Waals surface area contributed by atoms with Crippen LogP contribution in [-0.4, -0.2) is 46.9 Å². The van der Waals surface area contributed by atoms with Gasteiger partial charge in [0.2, 0.25) is 5.91 Å². The van der Waals surface area contributed by atoms with Crippen LogP contribution in [0.4, 0.5) is 0 Å². The summed E-state index contributed by atoms with van der Waals surface area (Å²) in [5, 5.41) is 0. The highest BCUT2D eigenvalue weighted by atomic mass is 16.2. The Labute approximate surface area is 162 Å². The topological polar surface area (TPSA) is 36.4 Å². The highest BCUT2D eigenvalue weighted by Gasteiger charge is 2.19. The number of hydrogen-bond acceptors (Lipinski definition) is 3. The van der Waals surface area contributed by atoms with E-state index in [1.165, 1.54) is 5.56 Å². The smallest absolute Gasteiger partial charge is 0.246 e. The lowest BCUT2D eigenvalue weighted by molar-refractivity contribution is -0.127. The lowest BCUT2D eigenvalue weighted by atomic mass is 9.87. The van der Waals surface area contributed by atoms with E-state index in [9.17, 15) is 4.79 Å². The second kappa shape index (κ2) is 8.49. The summed E-state index contributed by atoms with van der Waals surface area (Å²) >= 11 is 0. The summed E-state index contributed by atoms with van der Waals surface area (Å²) < 4.78 is 0. The molecule has 4 nitrogen and oxygen atoms in total. The van der Waals surface area contributed by atoms with Crippen LogP contribution < -0.4 is 0 Å². The van der Waals surface area contributed by atoms with Crippen LogP contribution in [0.2, 0.25) is 0 Å². The van der Waals surface area contributed by atoms with Gasteiger partial charge in [0.05, 0.1) is 5.69 Å². The van der Waals surface area contributed by atoms with Crippen LogP contribution in [0.3, 0.4) is 0 Å². The molecule has 1 fully saturated rings. The summed E-state index contributed by atoms with van der Waals surface area (Å²) in [5.74, 6) is 0.0902. The Morgan fingerprint density at radius 1 is 1.04 bits per heavy atom.